The Morgan fingerprint density at radius 1 is 1.26 bits per heavy atom. The van der Waals surface area contributed by atoms with Gasteiger partial charge >= 0.3 is 0 Å². The molecule has 0 radical (unpaired) electrons. The molecule has 0 heterocycles. The number of carbonyl (C=O) groups is 1. The van der Waals surface area contributed by atoms with Crippen LogP contribution in [0.15, 0.2) is 42.5 Å². The number of aromatic hydroxyl groups is 1. The molecule has 0 bridgehead atoms. The van der Waals surface area contributed by atoms with Gasteiger partial charge in [-0.05, 0) is 36.8 Å². The molecule has 2 aromatic carbocycles. The Kier molecular flexibility index (Phi) is 3.80. The fraction of sp³-hybridized carbons (Fsp3) is 0.133. The van der Waals surface area contributed by atoms with E-state index in [0.717, 1.165) is 0 Å². The molecule has 2 rings (SSSR count). The average molecular weight is 259 g/mol. The Morgan fingerprint density at radius 2 is 2.00 bits per heavy atom. The Hall–Kier alpha value is -2.36. The van der Waals surface area contributed by atoms with Crippen molar-refractivity contribution in [3.8, 4) is 5.75 Å². The largest absolute Gasteiger partial charge is 0.508 e. The molecule has 4 heteroatoms. The Morgan fingerprint density at radius 3 is 2.68 bits per heavy atom. The van der Waals surface area contributed by atoms with Crippen molar-refractivity contribution < 1.29 is 14.3 Å². The Balaban J connectivity index is 2.08. The van der Waals surface area contributed by atoms with Crippen LogP contribution in [0.25, 0.3) is 0 Å². The lowest BCUT2D eigenvalue weighted by molar-refractivity contribution is 0.0950. The molecule has 2 N–H and O–H groups in total. The molecule has 0 aromatic heterocycles. The number of nitrogens with one attached hydrogen (secondary N) is 1. The zero-order chi connectivity index (χ0) is 13.8. The van der Waals surface area contributed by atoms with Crippen LogP contribution in [0.2, 0.25) is 0 Å². The molecular weight excluding hydrogens is 245 g/mol. The third kappa shape index (κ3) is 3.10. The van der Waals surface area contributed by atoms with Crippen LogP contribution < -0.4 is 5.32 Å². The third-order valence-corrected chi connectivity index (χ3v) is 2.85. The number of phenols is 1. The number of carbonyl (C=O) groups excluding carboxylic acids is 1. The first-order chi connectivity index (χ1) is 9.08. The highest BCUT2D eigenvalue weighted by molar-refractivity contribution is 5.95. The van der Waals surface area contributed by atoms with Crippen molar-refractivity contribution >= 4 is 5.91 Å². The van der Waals surface area contributed by atoms with E-state index in [0.29, 0.717) is 16.7 Å². The van der Waals surface area contributed by atoms with Crippen LogP contribution in [0.4, 0.5) is 4.39 Å². The molecule has 1 amide bonds. The van der Waals surface area contributed by atoms with E-state index in [4.69, 9.17) is 0 Å². The van der Waals surface area contributed by atoms with Gasteiger partial charge in [0.2, 0.25) is 0 Å². The fourth-order valence-electron chi connectivity index (χ4n) is 1.82. The highest BCUT2D eigenvalue weighted by Crippen LogP contribution is 2.15. The Bertz CT molecular complexity index is 611. The van der Waals surface area contributed by atoms with Gasteiger partial charge in [-0.25, -0.2) is 4.39 Å². The number of phenolic OH excluding ortho intramolecular Hbond substituents is 1. The minimum absolute atomic E-state index is 0.114. The van der Waals surface area contributed by atoms with Gasteiger partial charge in [-0.1, -0.05) is 18.2 Å². The standard InChI is InChI=1S/C15H14FNO2/c1-10-8-12(18)6-7-13(10)15(19)17-9-11-4-2-3-5-14(11)16/h2-8,18H,9H2,1H3,(H,17,19). The first kappa shape index (κ1) is 13.1. The molecular formula is C15H14FNO2. The monoisotopic (exact) mass is 259 g/mol. The van der Waals surface area contributed by atoms with Crippen LogP contribution in [-0.4, -0.2) is 11.0 Å². The topological polar surface area (TPSA) is 49.3 Å². The summed E-state index contributed by atoms with van der Waals surface area (Å²) >= 11 is 0. The molecule has 0 fully saturated rings. The van der Waals surface area contributed by atoms with E-state index < -0.39 is 0 Å². The van der Waals surface area contributed by atoms with E-state index in [1.54, 1.807) is 31.2 Å². The van der Waals surface area contributed by atoms with Crippen molar-refractivity contribution in [2.24, 2.45) is 0 Å². The van der Waals surface area contributed by atoms with Gasteiger partial charge < -0.3 is 10.4 Å². The second kappa shape index (κ2) is 5.52. The van der Waals surface area contributed by atoms with Crippen molar-refractivity contribution in [3.05, 3.63) is 65.0 Å². The smallest absolute Gasteiger partial charge is 0.251 e. The van der Waals surface area contributed by atoms with Crippen molar-refractivity contribution in [1.29, 1.82) is 0 Å². The van der Waals surface area contributed by atoms with Crippen LogP contribution in [0.3, 0.4) is 0 Å². The first-order valence-electron chi connectivity index (χ1n) is 5.89. The predicted octanol–water partition coefficient (Wildman–Crippen LogP) is 2.77. The Labute approximate surface area is 110 Å². The van der Waals surface area contributed by atoms with E-state index in [9.17, 15) is 14.3 Å². The normalized spacial score (nSPS) is 10.2. The average Bonchev–Trinajstić information content (AvgIpc) is 2.37. The lowest BCUT2D eigenvalue weighted by Gasteiger charge is -2.08. The van der Waals surface area contributed by atoms with Gasteiger partial charge in [-0.2, -0.15) is 0 Å². The van der Waals surface area contributed by atoms with Crippen molar-refractivity contribution in [2.45, 2.75) is 13.5 Å². The van der Waals surface area contributed by atoms with Gasteiger partial charge in [0.15, 0.2) is 0 Å². The number of amides is 1. The molecule has 0 saturated carbocycles. The summed E-state index contributed by atoms with van der Waals surface area (Å²) in [5.41, 5.74) is 1.58. The van der Waals surface area contributed by atoms with Crippen LogP contribution in [0.1, 0.15) is 21.5 Å². The molecule has 0 aliphatic carbocycles. The second-order valence-electron chi connectivity index (χ2n) is 4.27. The van der Waals surface area contributed by atoms with Gasteiger partial charge in [-0.3, -0.25) is 4.79 Å². The maximum Gasteiger partial charge on any atom is 0.251 e. The molecule has 0 aliphatic rings. The number of aryl methyl sites for hydroxylation is 1. The lowest BCUT2D eigenvalue weighted by Crippen LogP contribution is -2.24. The summed E-state index contributed by atoms with van der Waals surface area (Å²) in [6, 6.07) is 10.8. The van der Waals surface area contributed by atoms with Crippen LogP contribution in [-0.2, 0) is 6.54 Å². The van der Waals surface area contributed by atoms with Crippen LogP contribution in [0, 0.1) is 12.7 Å². The SMILES string of the molecule is Cc1cc(O)ccc1C(=O)NCc1ccccc1F. The summed E-state index contributed by atoms with van der Waals surface area (Å²) in [4.78, 5) is 11.9. The molecule has 0 atom stereocenters. The summed E-state index contributed by atoms with van der Waals surface area (Å²) in [5, 5.41) is 11.9. The fourth-order valence-corrected chi connectivity index (χ4v) is 1.82. The lowest BCUT2D eigenvalue weighted by atomic mass is 10.1. The summed E-state index contributed by atoms with van der Waals surface area (Å²) < 4.78 is 13.4. The van der Waals surface area contributed by atoms with Crippen molar-refractivity contribution in [1.82, 2.24) is 5.32 Å². The summed E-state index contributed by atoms with van der Waals surface area (Å²) in [6.45, 7) is 1.86. The van der Waals surface area contributed by atoms with Crippen molar-refractivity contribution in [2.75, 3.05) is 0 Å². The maximum atomic E-state index is 13.4. The summed E-state index contributed by atoms with van der Waals surface area (Å²) in [6.07, 6.45) is 0. The maximum absolute atomic E-state index is 13.4. The highest BCUT2D eigenvalue weighted by Gasteiger charge is 2.10. The van der Waals surface area contributed by atoms with Gasteiger partial charge in [-0.15, -0.1) is 0 Å². The number of halogens is 1. The minimum Gasteiger partial charge on any atom is -0.508 e. The number of rotatable bonds is 3. The highest BCUT2D eigenvalue weighted by atomic mass is 19.1. The summed E-state index contributed by atoms with van der Waals surface area (Å²) in [5.74, 6) is -0.519. The van der Waals surface area contributed by atoms with Gasteiger partial charge in [0.25, 0.3) is 5.91 Å². The van der Waals surface area contributed by atoms with Crippen LogP contribution >= 0.6 is 0 Å². The molecule has 19 heavy (non-hydrogen) atoms. The number of hydrogen-bond acceptors (Lipinski definition) is 2. The number of benzene rings is 2. The van der Waals surface area contributed by atoms with Gasteiger partial charge in [0.05, 0.1) is 0 Å². The van der Waals surface area contributed by atoms with E-state index in [-0.39, 0.29) is 24.0 Å². The quantitative estimate of drug-likeness (QED) is 0.890. The molecule has 0 spiro atoms. The molecule has 0 unspecified atom stereocenters. The van der Waals surface area contributed by atoms with E-state index in [1.165, 1.54) is 18.2 Å². The zero-order valence-corrected chi connectivity index (χ0v) is 10.5. The van der Waals surface area contributed by atoms with Gasteiger partial charge in [0, 0.05) is 17.7 Å². The zero-order valence-electron chi connectivity index (χ0n) is 10.5. The van der Waals surface area contributed by atoms with E-state index in [1.807, 2.05) is 0 Å². The first-order valence-corrected chi connectivity index (χ1v) is 5.89. The van der Waals surface area contributed by atoms with Crippen molar-refractivity contribution in [3.63, 3.8) is 0 Å². The summed E-state index contributed by atoms with van der Waals surface area (Å²) in [7, 11) is 0. The van der Waals surface area contributed by atoms with E-state index in [2.05, 4.69) is 5.32 Å². The third-order valence-electron chi connectivity index (χ3n) is 2.85. The molecule has 2 aromatic rings. The second-order valence-corrected chi connectivity index (χ2v) is 4.27. The molecule has 0 saturated heterocycles. The molecule has 3 nitrogen and oxygen atoms in total. The van der Waals surface area contributed by atoms with Gasteiger partial charge in [0.1, 0.15) is 11.6 Å². The predicted molar refractivity (Wildman–Crippen MR) is 70.4 cm³/mol. The molecule has 98 valence electrons. The number of hydrogen-bond donors (Lipinski definition) is 2. The van der Waals surface area contributed by atoms with E-state index >= 15 is 0 Å². The molecule has 0 aliphatic heterocycles. The van der Waals surface area contributed by atoms with Crippen LogP contribution in [0.5, 0.6) is 5.75 Å². The minimum atomic E-state index is -0.342.